The molecule has 57 heavy (non-hydrogen) atoms. The van der Waals surface area contributed by atoms with E-state index in [2.05, 4.69) is 10.5 Å². The number of carbonyl (C=O) groups is 3. The number of phenolic OH excluding ortho intramolecular Hbond substituents is 1. The minimum Gasteiger partial charge on any atom is -0.508 e. The molecule has 6 aromatic rings. The number of aromatic nitrogens is 1. The number of rotatable bonds is 9. The van der Waals surface area contributed by atoms with E-state index >= 15 is 0 Å². The van der Waals surface area contributed by atoms with Gasteiger partial charge in [-0.05, 0) is 51.7 Å². The van der Waals surface area contributed by atoms with Gasteiger partial charge in [0, 0.05) is 31.1 Å². The second-order valence-corrected chi connectivity index (χ2v) is 14.1. The molecule has 2 atom stereocenters. The fraction of sp³-hybridized carbons (Fsp3) is 0.209. The number of hydrogen-bond donors (Lipinski definition) is 2. The SMILES string of the molecule is O=C1[C@H](Cc2ccc(O)cc2)N2C(=O)CN(Cc3cc(-c4ccc(C(F)(F)F)cc4)no3)N(C(=O)NCc3ccccc3)C2CN1Cc1cccc2ccccc12. The lowest BCUT2D eigenvalue weighted by atomic mass is 9.97. The Morgan fingerprint density at radius 1 is 0.842 bits per heavy atom. The second-order valence-electron chi connectivity index (χ2n) is 14.1. The van der Waals surface area contributed by atoms with E-state index in [1.807, 2.05) is 72.8 Å². The number of nitrogens with one attached hydrogen (secondary N) is 1. The van der Waals surface area contributed by atoms with Gasteiger partial charge >= 0.3 is 12.2 Å². The zero-order valence-electron chi connectivity index (χ0n) is 30.5. The van der Waals surface area contributed by atoms with Crippen LogP contribution in [0.3, 0.4) is 0 Å². The first kappa shape index (κ1) is 37.3. The fourth-order valence-electron chi connectivity index (χ4n) is 7.55. The fourth-order valence-corrected chi connectivity index (χ4v) is 7.55. The lowest BCUT2D eigenvalue weighted by Crippen LogP contribution is -2.76. The van der Waals surface area contributed by atoms with Gasteiger partial charge in [-0.15, -0.1) is 0 Å². The minimum atomic E-state index is -4.50. The van der Waals surface area contributed by atoms with Crippen molar-refractivity contribution in [3.8, 4) is 17.0 Å². The van der Waals surface area contributed by atoms with Gasteiger partial charge < -0.3 is 24.7 Å². The first-order valence-electron chi connectivity index (χ1n) is 18.4. The van der Waals surface area contributed by atoms with E-state index in [9.17, 15) is 32.7 Å². The molecule has 0 aliphatic carbocycles. The number of phenols is 1. The highest BCUT2D eigenvalue weighted by atomic mass is 19.4. The van der Waals surface area contributed by atoms with Gasteiger partial charge in [0.05, 0.1) is 25.2 Å². The monoisotopic (exact) mass is 774 g/mol. The molecule has 0 spiro atoms. The molecule has 0 saturated carbocycles. The maximum atomic E-state index is 14.6. The number of amides is 4. The average molecular weight is 775 g/mol. The van der Waals surface area contributed by atoms with E-state index in [1.54, 1.807) is 28.1 Å². The Morgan fingerprint density at radius 3 is 2.32 bits per heavy atom. The average Bonchev–Trinajstić information content (AvgIpc) is 3.68. The van der Waals surface area contributed by atoms with Crippen LogP contribution in [0.4, 0.5) is 18.0 Å². The lowest BCUT2D eigenvalue weighted by Gasteiger charge is -2.55. The van der Waals surface area contributed by atoms with E-state index in [1.165, 1.54) is 34.2 Å². The summed E-state index contributed by atoms with van der Waals surface area (Å²) < 4.78 is 45.3. The van der Waals surface area contributed by atoms with Crippen molar-refractivity contribution in [1.82, 2.24) is 30.3 Å². The van der Waals surface area contributed by atoms with Gasteiger partial charge in [0.2, 0.25) is 11.8 Å². The molecule has 1 unspecified atom stereocenters. The van der Waals surface area contributed by atoms with Gasteiger partial charge in [0.25, 0.3) is 0 Å². The van der Waals surface area contributed by atoms with Crippen molar-refractivity contribution in [3.63, 3.8) is 0 Å². The van der Waals surface area contributed by atoms with Crippen LogP contribution in [0.1, 0.15) is 28.0 Å². The number of alkyl halides is 3. The smallest absolute Gasteiger partial charge is 0.416 e. The second kappa shape index (κ2) is 15.5. The zero-order chi connectivity index (χ0) is 39.7. The van der Waals surface area contributed by atoms with Crippen LogP contribution in [0.5, 0.6) is 5.75 Å². The first-order chi connectivity index (χ1) is 27.5. The Kier molecular flexibility index (Phi) is 10.1. The summed E-state index contributed by atoms with van der Waals surface area (Å²) in [6.45, 7) is -0.0114. The van der Waals surface area contributed by atoms with E-state index in [-0.39, 0.29) is 62.3 Å². The molecule has 2 fully saturated rings. The predicted molar refractivity (Wildman–Crippen MR) is 203 cm³/mol. The molecular formula is C43H37F3N6O5. The minimum absolute atomic E-state index is 0.0116. The zero-order valence-corrected chi connectivity index (χ0v) is 30.5. The van der Waals surface area contributed by atoms with Crippen molar-refractivity contribution in [2.75, 3.05) is 13.1 Å². The third-order valence-electron chi connectivity index (χ3n) is 10.3. The largest absolute Gasteiger partial charge is 0.508 e. The summed E-state index contributed by atoms with van der Waals surface area (Å²) in [7, 11) is 0. The van der Waals surface area contributed by atoms with Crippen molar-refractivity contribution in [2.45, 2.75) is 44.4 Å². The van der Waals surface area contributed by atoms with E-state index in [0.29, 0.717) is 11.1 Å². The van der Waals surface area contributed by atoms with Gasteiger partial charge in [-0.3, -0.25) is 9.59 Å². The highest BCUT2D eigenvalue weighted by Crippen LogP contribution is 2.33. The highest BCUT2D eigenvalue weighted by molar-refractivity contribution is 5.92. The maximum Gasteiger partial charge on any atom is 0.416 e. The number of fused-ring (bicyclic) bond motifs is 2. The highest BCUT2D eigenvalue weighted by Gasteiger charge is 2.51. The predicted octanol–water partition coefficient (Wildman–Crippen LogP) is 6.97. The summed E-state index contributed by atoms with van der Waals surface area (Å²) >= 11 is 0. The molecular weight excluding hydrogens is 738 g/mol. The molecule has 4 amide bonds. The third-order valence-corrected chi connectivity index (χ3v) is 10.3. The number of carbonyl (C=O) groups excluding carboxylic acids is 3. The van der Waals surface area contributed by atoms with Crippen LogP contribution in [0.15, 0.2) is 132 Å². The normalized spacial score (nSPS) is 17.6. The Balaban J connectivity index is 1.15. The standard InChI is InChI=1S/C43H37F3N6O5/c44-43(45,46)33-17-15-31(16-18-33)37-22-35(57-48-37)25-50-27-40(54)51-38(21-28-13-19-34(53)20-14-28)41(55)49(24-32-11-6-10-30-9-4-5-12-36(30)32)26-39(51)52(50)42(56)47-23-29-7-2-1-3-8-29/h1-20,22,38-39,53H,21,23-27H2,(H,47,56)/t38-,39?/m0/s1. The van der Waals surface area contributed by atoms with E-state index in [0.717, 1.165) is 34.0 Å². The number of urea groups is 1. The molecule has 0 bridgehead atoms. The number of nitrogens with zero attached hydrogens (tertiary/aromatic N) is 5. The molecule has 290 valence electrons. The molecule has 2 N–H and O–H groups in total. The van der Waals surface area contributed by atoms with Crippen molar-refractivity contribution in [2.24, 2.45) is 0 Å². The van der Waals surface area contributed by atoms with E-state index < -0.39 is 35.9 Å². The maximum absolute atomic E-state index is 14.6. The van der Waals surface area contributed by atoms with Gasteiger partial charge in [-0.25, -0.2) is 9.80 Å². The topological polar surface area (TPSA) is 122 Å². The van der Waals surface area contributed by atoms with Crippen LogP contribution in [0, 0.1) is 0 Å². The number of halogens is 3. The number of hydrazine groups is 1. The first-order valence-corrected chi connectivity index (χ1v) is 18.4. The third kappa shape index (κ3) is 7.89. The summed E-state index contributed by atoms with van der Waals surface area (Å²) in [6, 6.07) is 34.1. The Hall–Kier alpha value is -6.67. The number of benzene rings is 5. The summed E-state index contributed by atoms with van der Waals surface area (Å²) in [6.07, 6.45) is -5.32. The molecule has 8 rings (SSSR count). The summed E-state index contributed by atoms with van der Waals surface area (Å²) in [4.78, 5) is 46.5. The molecule has 1 aromatic heterocycles. The Morgan fingerprint density at radius 2 is 1.56 bits per heavy atom. The van der Waals surface area contributed by atoms with Gasteiger partial charge in [0.1, 0.15) is 23.7 Å². The van der Waals surface area contributed by atoms with Crippen LogP contribution in [-0.2, 0) is 41.8 Å². The molecule has 3 heterocycles. The van der Waals surface area contributed by atoms with Gasteiger partial charge in [-0.1, -0.05) is 102 Å². The number of hydrogen-bond acceptors (Lipinski definition) is 7. The molecule has 0 radical (unpaired) electrons. The van der Waals surface area contributed by atoms with Crippen LogP contribution in [-0.4, -0.2) is 73.2 Å². The van der Waals surface area contributed by atoms with Crippen LogP contribution in [0.2, 0.25) is 0 Å². The summed E-state index contributed by atoms with van der Waals surface area (Å²) in [5, 5.41) is 22.0. The number of aromatic hydroxyl groups is 1. The molecule has 2 saturated heterocycles. The van der Waals surface area contributed by atoms with Crippen molar-refractivity contribution in [1.29, 1.82) is 0 Å². The summed E-state index contributed by atoms with van der Waals surface area (Å²) in [5.41, 5.74) is 2.33. The molecule has 11 nitrogen and oxygen atoms in total. The van der Waals surface area contributed by atoms with Crippen molar-refractivity contribution in [3.05, 3.63) is 155 Å². The van der Waals surface area contributed by atoms with Gasteiger partial charge in [0.15, 0.2) is 5.76 Å². The Labute approximate surface area is 325 Å². The van der Waals surface area contributed by atoms with Crippen LogP contribution < -0.4 is 5.32 Å². The van der Waals surface area contributed by atoms with Crippen molar-refractivity contribution >= 4 is 28.6 Å². The lowest BCUT2D eigenvalue weighted by molar-refractivity contribution is -0.193. The van der Waals surface area contributed by atoms with E-state index in [4.69, 9.17) is 4.52 Å². The van der Waals surface area contributed by atoms with Gasteiger partial charge in [-0.2, -0.15) is 18.2 Å². The quantitative estimate of drug-likeness (QED) is 0.163. The van der Waals surface area contributed by atoms with Crippen LogP contribution in [0.25, 0.3) is 22.0 Å². The summed E-state index contributed by atoms with van der Waals surface area (Å²) in [5.74, 6) is -0.358. The molecule has 2 aliphatic heterocycles. The molecule has 14 heteroatoms. The van der Waals surface area contributed by atoms with Crippen LogP contribution >= 0.6 is 0 Å². The number of piperazine rings is 1. The molecule has 5 aromatic carbocycles. The molecule has 2 aliphatic rings. The Bertz CT molecular complexity index is 2400. The van der Waals surface area contributed by atoms with Crippen molar-refractivity contribution < 1.29 is 37.2 Å².